The number of hydrogen-bond donors (Lipinski definition) is 0. The van der Waals surface area contributed by atoms with Gasteiger partial charge in [-0.2, -0.15) is 0 Å². The molecule has 0 N–H and O–H groups in total. The van der Waals surface area contributed by atoms with Gasteiger partial charge < -0.3 is 18.9 Å². The summed E-state index contributed by atoms with van der Waals surface area (Å²) in [7, 11) is 2.92. The van der Waals surface area contributed by atoms with E-state index in [1.54, 1.807) is 30.3 Å². The second-order valence-electron chi connectivity index (χ2n) is 7.06. The lowest BCUT2D eigenvalue weighted by atomic mass is 9.98. The molecule has 6 heteroatoms. The van der Waals surface area contributed by atoms with Crippen molar-refractivity contribution in [3.63, 3.8) is 0 Å². The second-order valence-corrected chi connectivity index (χ2v) is 7.06. The molecular weight excluding hydrogens is 348 g/mol. The Morgan fingerprint density at radius 3 is 1.81 bits per heavy atom. The molecule has 0 saturated heterocycles. The third kappa shape index (κ3) is 5.23. The third-order valence-corrected chi connectivity index (χ3v) is 3.58. The standard InChI is InChI=1S/C21H24O6/c1-21(2,3)13-26-19(22)14-9-6-7-10-15(14)20(23)27-18-16(24-4)11-8-12-17(18)25-5/h6-12H,13H2,1-5H3. The van der Waals surface area contributed by atoms with Gasteiger partial charge in [-0.15, -0.1) is 0 Å². The monoisotopic (exact) mass is 372 g/mol. The van der Waals surface area contributed by atoms with E-state index in [4.69, 9.17) is 18.9 Å². The molecule has 0 aromatic heterocycles. The minimum absolute atomic E-state index is 0.101. The minimum Gasteiger partial charge on any atom is -0.493 e. The average Bonchev–Trinajstić information content (AvgIpc) is 2.65. The van der Waals surface area contributed by atoms with E-state index in [1.807, 2.05) is 20.8 Å². The van der Waals surface area contributed by atoms with Gasteiger partial charge >= 0.3 is 11.9 Å². The zero-order chi connectivity index (χ0) is 20.0. The van der Waals surface area contributed by atoms with Crippen LogP contribution in [0.1, 0.15) is 41.5 Å². The van der Waals surface area contributed by atoms with Crippen molar-refractivity contribution < 1.29 is 28.5 Å². The Morgan fingerprint density at radius 2 is 1.33 bits per heavy atom. The fourth-order valence-corrected chi connectivity index (χ4v) is 2.26. The Labute approximate surface area is 159 Å². The highest BCUT2D eigenvalue weighted by Crippen LogP contribution is 2.37. The van der Waals surface area contributed by atoms with Gasteiger partial charge in [0.2, 0.25) is 5.75 Å². The molecule has 0 aliphatic heterocycles. The fourth-order valence-electron chi connectivity index (χ4n) is 2.26. The summed E-state index contributed by atoms with van der Waals surface area (Å²) >= 11 is 0. The number of carbonyl (C=O) groups excluding carboxylic acids is 2. The molecule has 0 atom stereocenters. The topological polar surface area (TPSA) is 71.1 Å². The number of methoxy groups -OCH3 is 2. The summed E-state index contributed by atoms with van der Waals surface area (Å²) in [4.78, 5) is 25.2. The summed E-state index contributed by atoms with van der Waals surface area (Å²) in [6.07, 6.45) is 0. The maximum atomic E-state index is 12.7. The molecule has 144 valence electrons. The molecule has 2 rings (SSSR count). The number of carbonyl (C=O) groups is 2. The van der Waals surface area contributed by atoms with Crippen molar-refractivity contribution in [3.05, 3.63) is 53.6 Å². The predicted molar refractivity (Wildman–Crippen MR) is 101 cm³/mol. The van der Waals surface area contributed by atoms with Gasteiger partial charge in [-0.25, -0.2) is 9.59 Å². The zero-order valence-corrected chi connectivity index (χ0v) is 16.2. The van der Waals surface area contributed by atoms with Crippen LogP contribution in [0.15, 0.2) is 42.5 Å². The molecule has 0 spiro atoms. The Balaban J connectivity index is 2.30. The quantitative estimate of drug-likeness (QED) is 0.561. The van der Waals surface area contributed by atoms with Crippen molar-refractivity contribution in [2.45, 2.75) is 20.8 Å². The highest BCUT2D eigenvalue weighted by Gasteiger charge is 2.23. The highest BCUT2D eigenvalue weighted by molar-refractivity contribution is 6.04. The highest BCUT2D eigenvalue weighted by atomic mass is 16.6. The van der Waals surface area contributed by atoms with Crippen LogP contribution in [0.5, 0.6) is 17.2 Å². The first kappa shape index (κ1) is 20.3. The minimum atomic E-state index is -0.707. The molecule has 0 amide bonds. The van der Waals surface area contributed by atoms with Gasteiger partial charge in [0.25, 0.3) is 0 Å². The number of ether oxygens (including phenoxy) is 4. The van der Waals surface area contributed by atoms with E-state index in [9.17, 15) is 9.59 Å². The lowest BCUT2D eigenvalue weighted by Gasteiger charge is -2.18. The van der Waals surface area contributed by atoms with Gasteiger partial charge in [0.05, 0.1) is 32.0 Å². The Bertz CT molecular complexity index is 797. The zero-order valence-electron chi connectivity index (χ0n) is 16.2. The first-order chi connectivity index (χ1) is 12.8. The lowest BCUT2D eigenvalue weighted by molar-refractivity contribution is 0.0362. The SMILES string of the molecule is COc1cccc(OC)c1OC(=O)c1ccccc1C(=O)OCC(C)(C)C. The molecule has 6 nitrogen and oxygen atoms in total. The van der Waals surface area contributed by atoms with Crippen LogP contribution in [-0.2, 0) is 4.74 Å². The average molecular weight is 372 g/mol. The maximum absolute atomic E-state index is 12.7. The summed E-state index contributed by atoms with van der Waals surface area (Å²) in [6, 6.07) is 11.4. The predicted octanol–water partition coefficient (Wildman–Crippen LogP) is 4.13. The van der Waals surface area contributed by atoms with E-state index in [0.717, 1.165) is 0 Å². The fraction of sp³-hybridized carbons (Fsp3) is 0.333. The summed E-state index contributed by atoms with van der Waals surface area (Å²) in [5.41, 5.74) is 0.0561. The Hall–Kier alpha value is -3.02. The van der Waals surface area contributed by atoms with E-state index in [-0.39, 0.29) is 28.9 Å². The van der Waals surface area contributed by atoms with Crippen molar-refractivity contribution in [1.82, 2.24) is 0 Å². The van der Waals surface area contributed by atoms with Crippen LogP contribution in [0.4, 0.5) is 0 Å². The van der Waals surface area contributed by atoms with Gasteiger partial charge in [0.15, 0.2) is 11.5 Å². The normalized spacial score (nSPS) is 10.9. The van der Waals surface area contributed by atoms with E-state index in [1.165, 1.54) is 26.4 Å². The molecule has 0 aliphatic carbocycles. The van der Waals surface area contributed by atoms with Crippen LogP contribution in [0.2, 0.25) is 0 Å². The van der Waals surface area contributed by atoms with Crippen LogP contribution in [0, 0.1) is 5.41 Å². The number of para-hydroxylation sites is 1. The first-order valence-corrected chi connectivity index (χ1v) is 8.46. The van der Waals surface area contributed by atoms with Gasteiger partial charge in [0, 0.05) is 0 Å². The molecule has 0 fully saturated rings. The molecular formula is C21H24O6. The van der Waals surface area contributed by atoms with Gasteiger partial charge in [-0.05, 0) is 29.7 Å². The number of rotatable bonds is 6. The van der Waals surface area contributed by atoms with Crippen molar-refractivity contribution in [2.24, 2.45) is 5.41 Å². The van der Waals surface area contributed by atoms with Crippen molar-refractivity contribution in [2.75, 3.05) is 20.8 Å². The molecule has 27 heavy (non-hydrogen) atoms. The van der Waals surface area contributed by atoms with Crippen LogP contribution in [0.3, 0.4) is 0 Å². The van der Waals surface area contributed by atoms with Crippen molar-refractivity contribution in [1.29, 1.82) is 0 Å². The molecule has 2 aromatic carbocycles. The van der Waals surface area contributed by atoms with Gasteiger partial charge in [0.1, 0.15) is 0 Å². The molecule has 0 radical (unpaired) electrons. The number of benzene rings is 2. The second kappa shape index (κ2) is 8.58. The molecule has 0 unspecified atom stereocenters. The number of hydrogen-bond acceptors (Lipinski definition) is 6. The van der Waals surface area contributed by atoms with Crippen LogP contribution in [0.25, 0.3) is 0 Å². The Morgan fingerprint density at radius 1 is 0.815 bits per heavy atom. The van der Waals surface area contributed by atoms with Crippen molar-refractivity contribution in [3.8, 4) is 17.2 Å². The molecule has 0 heterocycles. The summed E-state index contributed by atoms with van der Waals surface area (Å²) < 4.78 is 21.3. The van der Waals surface area contributed by atoms with E-state index >= 15 is 0 Å². The maximum Gasteiger partial charge on any atom is 0.344 e. The Kier molecular flexibility index (Phi) is 6.45. The summed E-state index contributed by atoms with van der Waals surface area (Å²) in [6.45, 7) is 6.09. The molecule has 0 aliphatic rings. The third-order valence-electron chi connectivity index (χ3n) is 3.58. The van der Waals surface area contributed by atoms with Crippen LogP contribution < -0.4 is 14.2 Å². The van der Waals surface area contributed by atoms with E-state index < -0.39 is 11.9 Å². The smallest absolute Gasteiger partial charge is 0.344 e. The van der Waals surface area contributed by atoms with E-state index in [0.29, 0.717) is 11.5 Å². The van der Waals surface area contributed by atoms with Crippen LogP contribution in [-0.4, -0.2) is 32.8 Å². The largest absolute Gasteiger partial charge is 0.493 e. The van der Waals surface area contributed by atoms with E-state index in [2.05, 4.69) is 0 Å². The van der Waals surface area contributed by atoms with Gasteiger partial charge in [-0.3, -0.25) is 0 Å². The summed E-state index contributed by atoms with van der Waals surface area (Å²) in [5.74, 6) is -0.457. The van der Waals surface area contributed by atoms with Gasteiger partial charge in [-0.1, -0.05) is 39.0 Å². The molecule has 0 saturated carbocycles. The van der Waals surface area contributed by atoms with Crippen LogP contribution >= 0.6 is 0 Å². The summed E-state index contributed by atoms with van der Waals surface area (Å²) in [5, 5.41) is 0. The number of esters is 2. The first-order valence-electron chi connectivity index (χ1n) is 8.46. The lowest BCUT2D eigenvalue weighted by Crippen LogP contribution is -2.21. The molecule has 0 bridgehead atoms. The van der Waals surface area contributed by atoms with Crippen molar-refractivity contribution >= 4 is 11.9 Å². The molecule has 2 aromatic rings.